The van der Waals surface area contributed by atoms with E-state index in [4.69, 9.17) is 0 Å². The molecule has 140 valence electrons. The molecule has 0 saturated heterocycles. The number of hydrogen-bond donors (Lipinski definition) is 0. The van der Waals surface area contributed by atoms with Crippen LogP contribution in [-0.4, -0.2) is 35.6 Å². The monoisotopic (exact) mass is 383 g/mol. The molecule has 2 aromatic rings. The maximum Gasteiger partial charge on any atom is 0.246 e. The summed E-state index contributed by atoms with van der Waals surface area (Å²) >= 11 is 1.51. The van der Waals surface area contributed by atoms with Crippen LogP contribution in [0.25, 0.3) is 10.6 Å². The van der Waals surface area contributed by atoms with Crippen molar-refractivity contribution in [3.05, 3.63) is 23.7 Å². The van der Waals surface area contributed by atoms with E-state index >= 15 is 0 Å². The lowest BCUT2D eigenvalue weighted by Crippen LogP contribution is -2.37. The van der Waals surface area contributed by atoms with Gasteiger partial charge in [-0.3, -0.25) is 4.68 Å². The van der Waals surface area contributed by atoms with E-state index in [0.29, 0.717) is 23.7 Å². The maximum absolute atomic E-state index is 13.4. The summed E-state index contributed by atoms with van der Waals surface area (Å²) < 4.78 is 30.2. The molecule has 0 atom stereocenters. The van der Waals surface area contributed by atoms with E-state index in [-0.39, 0.29) is 17.9 Å². The average molecular weight is 384 g/mol. The van der Waals surface area contributed by atoms with Crippen LogP contribution in [0.2, 0.25) is 0 Å². The minimum absolute atomic E-state index is 0.103. The van der Waals surface area contributed by atoms with Gasteiger partial charge in [-0.2, -0.15) is 9.40 Å². The molecule has 0 aliphatic carbocycles. The summed E-state index contributed by atoms with van der Waals surface area (Å²) in [6.45, 7) is 13.2. The highest BCUT2D eigenvalue weighted by atomic mass is 32.2. The third-order valence-corrected chi connectivity index (χ3v) is 6.45. The number of rotatable bonds is 8. The molecule has 2 rings (SSSR count). The van der Waals surface area contributed by atoms with Crippen LogP contribution in [0.15, 0.2) is 28.6 Å². The zero-order valence-corrected chi connectivity index (χ0v) is 17.6. The number of aromatic nitrogens is 2. The van der Waals surface area contributed by atoms with Gasteiger partial charge in [-0.1, -0.05) is 33.8 Å². The Kier molecular flexibility index (Phi) is 6.45. The first kappa shape index (κ1) is 20.1. The molecule has 0 N–H and O–H groups in total. The van der Waals surface area contributed by atoms with Gasteiger partial charge in [-0.05, 0) is 37.1 Å². The predicted molar refractivity (Wildman–Crippen MR) is 104 cm³/mol. The Morgan fingerprint density at radius 3 is 2.16 bits per heavy atom. The second kappa shape index (κ2) is 8.01. The van der Waals surface area contributed by atoms with E-state index in [1.165, 1.54) is 11.3 Å². The second-order valence-corrected chi connectivity index (χ2v) is 10.4. The molecule has 0 saturated carbocycles. The van der Waals surface area contributed by atoms with Gasteiger partial charge in [0.1, 0.15) is 10.6 Å². The molecular formula is C18H29N3O2S2. The van der Waals surface area contributed by atoms with Crippen LogP contribution in [-0.2, 0) is 10.0 Å². The molecule has 7 heteroatoms. The van der Waals surface area contributed by atoms with E-state index in [2.05, 4.69) is 5.10 Å². The molecule has 5 nitrogen and oxygen atoms in total. The lowest BCUT2D eigenvalue weighted by atomic mass is 10.2. The zero-order chi connectivity index (χ0) is 18.8. The normalized spacial score (nSPS) is 12.9. The maximum atomic E-state index is 13.4. The summed E-state index contributed by atoms with van der Waals surface area (Å²) in [5, 5.41) is 6.52. The molecule has 2 aromatic heterocycles. The van der Waals surface area contributed by atoms with Gasteiger partial charge in [0.15, 0.2) is 0 Å². The largest absolute Gasteiger partial charge is 0.268 e. The molecular weight excluding hydrogens is 354 g/mol. The van der Waals surface area contributed by atoms with E-state index in [1.807, 2.05) is 59.1 Å². The summed E-state index contributed by atoms with van der Waals surface area (Å²) in [6, 6.07) is 3.95. The van der Waals surface area contributed by atoms with Gasteiger partial charge in [-0.15, -0.1) is 11.3 Å². The first-order valence-corrected chi connectivity index (χ1v) is 11.1. The summed E-state index contributed by atoms with van der Waals surface area (Å²) in [5.41, 5.74) is 0.557. The Morgan fingerprint density at radius 1 is 1.12 bits per heavy atom. The quantitative estimate of drug-likeness (QED) is 0.674. The van der Waals surface area contributed by atoms with Crippen molar-refractivity contribution < 1.29 is 8.42 Å². The van der Waals surface area contributed by atoms with E-state index < -0.39 is 10.0 Å². The van der Waals surface area contributed by atoms with E-state index in [1.54, 1.807) is 15.2 Å². The van der Waals surface area contributed by atoms with Crippen LogP contribution in [0.4, 0.5) is 0 Å². The van der Waals surface area contributed by atoms with E-state index in [9.17, 15) is 8.42 Å². The molecule has 0 spiro atoms. The Balaban J connectivity index is 2.56. The van der Waals surface area contributed by atoms with Gasteiger partial charge in [0.25, 0.3) is 0 Å². The van der Waals surface area contributed by atoms with Crippen LogP contribution in [0.1, 0.15) is 47.6 Å². The summed E-state index contributed by atoms with van der Waals surface area (Å²) in [4.78, 5) is 1.19. The average Bonchev–Trinajstić information content (AvgIpc) is 3.14. The fourth-order valence-electron chi connectivity index (χ4n) is 2.64. The zero-order valence-electron chi connectivity index (χ0n) is 15.9. The molecule has 0 amide bonds. The number of thiophene rings is 1. The molecule has 0 fully saturated rings. The van der Waals surface area contributed by atoms with Crippen molar-refractivity contribution in [3.8, 4) is 10.6 Å². The fourth-order valence-corrected chi connectivity index (χ4v) is 5.33. The van der Waals surface area contributed by atoms with Crippen molar-refractivity contribution in [2.75, 3.05) is 13.1 Å². The Morgan fingerprint density at radius 2 is 1.72 bits per heavy atom. The van der Waals surface area contributed by atoms with Crippen molar-refractivity contribution in [1.29, 1.82) is 0 Å². The van der Waals surface area contributed by atoms with Crippen LogP contribution >= 0.6 is 11.3 Å². The fraction of sp³-hybridized carbons (Fsp3) is 0.611. The van der Waals surface area contributed by atoms with Gasteiger partial charge < -0.3 is 0 Å². The molecule has 2 heterocycles. The first-order valence-electron chi connectivity index (χ1n) is 8.76. The van der Waals surface area contributed by atoms with E-state index in [0.717, 1.165) is 4.88 Å². The number of hydrogen-bond acceptors (Lipinski definition) is 4. The Bertz CT molecular complexity index is 765. The second-order valence-electron chi connectivity index (χ2n) is 7.50. The highest BCUT2D eigenvalue weighted by molar-refractivity contribution is 7.89. The highest BCUT2D eigenvalue weighted by Crippen LogP contribution is 2.32. The van der Waals surface area contributed by atoms with Gasteiger partial charge in [0.2, 0.25) is 10.0 Å². The summed E-state index contributed by atoms with van der Waals surface area (Å²) in [6.07, 6.45) is 1.68. The summed E-state index contributed by atoms with van der Waals surface area (Å²) in [7, 11) is -3.60. The lowest BCUT2D eigenvalue weighted by Gasteiger charge is -2.25. The smallest absolute Gasteiger partial charge is 0.246 e. The molecule has 0 bridgehead atoms. The Labute approximate surface area is 155 Å². The predicted octanol–water partition coefficient (Wildman–Crippen LogP) is 4.50. The third kappa shape index (κ3) is 4.71. The topological polar surface area (TPSA) is 55.2 Å². The van der Waals surface area contributed by atoms with Crippen molar-refractivity contribution >= 4 is 21.4 Å². The standard InChI is InChI=1S/C18H29N3O2S2/c1-13(2)10-20(11-14(3)4)25(22,23)17-12-21(15(5)6)19-18(17)16-8-7-9-24-16/h7-9,12-15H,10-11H2,1-6H3. The molecule has 25 heavy (non-hydrogen) atoms. The van der Waals surface area contributed by atoms with Crippen molar-refractivity contribution in [3.63, 3.8) is 0 Å². The Hall–Kier alpha value is -1.18. The SMILES string of the molecule is CC(C)CN(CC(C)C)S(=O)(=O)c1cn(C(C)C)nc1-c1cccs1. The summed E-state index contributed by atoms with van der Waals surface area (Å²) in [5.74, 6) is 0.526. The minimum atomic E-state index is -3.60. The van der Waals surface area contributed by atoms with Crippen molar-refractivity contribution in [1.82, 2.24) is 14.1 Å². The van der Waals surface area contributed by atoms with Crippen LogP contribution in [0, 0.1) is 11.8 Å². The van der Waals surface area contributed by atoms with Crippen molar-refractivity contribution in [2.24, 2.45) is 11.8 Å². The number of nitrogens with zero attached hydrogens (tertiary/aromatic N) is 3. The minimum Gasteiger partial charge on any atom is -0.268 e. The highest BCUT2D eigenvalue weighted by Gasteiger charge is 2.31. The van der Waals surface area contributed by atoms with Crippen molar-refractivity contribution in [2.45, 2.75) is 52.5 Å². The van der Waals surface area contributed by atoms with Gasteiger partial charge in [0, 0.05) is 25.3 Å². The van der Waals surface area contributed by atoms with Crippen LogP contribution in [0.3, 0.4) is 0 Å². The molecule has 0 radical (unpaired) electrons. The van der Waals surface area contributed by atoms with Crippen LogP contribution < -0.4 is 0 Å². The third-order valence-electron chi connectivity index (χ3n) is 3.74. The van der Waals surface area contributed by atoms with Crippen LogP contribution in [0.5, 0.6) is 0 Å². The first-order chi connectivity index (χ1) is 11.6. The van der Waals surface area contributed by atoms with Gasteiger partial charge >= 0.3 is 0 Å². The molecule has 0 unspecified atom stereocenters. The number of sulfonamides is 1. The lowest BCUT2D eigenvalue weighted by molar-refractivity contribution is 0.333. The molecule has 0 aliphatic heterocycles. The molecule has 0 aliphatic rings. The van der Waals surface area contributed by atoms with Gasteiger partial charge in [0.05, 0.1) is 4.88 Å². The van der Waals surface area contributed by atoms with Gasteiger partial charge in [-0.25, -0.2) is 8.42 Å². The molecule has 0 aromatic carbocycles.